The topological polar surface area (TPSA) is 103 Å². The summed E-state index contributed by atoms with van der Waals surface area (Å²) in [7, 11) is 0. The third-order valence-electron chi connectivity index (χ3n) is 8.40. The fourth-order valence-corrected chi connectivity index (χ4v) is 6.56. The molecule has 6 rings (SSSR count). The fourth-order valence-electron chi connectivity index (χ4n) is 6.39. The van der Waals surface area contributed by atoms with Crippen LogP contribution in [0, 0.1) is 11.3 Å². The molecule has 196 valence electrons. The number of imide groups is 1. The van der Waals surface area contributed by atoms with E-state index in [9.17, 15) is 19.6 Å². The second kappa shape index (κ2) is 10.0. The van der Waals surface area contributed by atoms with E-state index in [4.69, 9.17) is 16.3 Å². The fraction of sp³-hybridized carbons (Fsp3) is 0.448. The van der Waals surface area contributed by atoms with Crippen LogP contribution >= 0.6 is 11.6 Å². The molecule has 1 saturated carbocycles. The molecule has 3 fully saturated rings. The van der Waals surface area contributed by atoms with E-state index < -0.39 is 11.9 Å². The summed E-state index contributed by atoms with van der Waals surface area (Å²) in [6.45, 7) is 2.11. The number of amides is 3. The number of ether oxygens (including phenoxy) is 1. The van der Waals surface area contributed by atoms with Gasteiger partial charge in [-0.25, -0.2) is 0 Å². The number of halogens is 1. The first-order chi connectivity index (χ1) is 18.4. The van der Waals surface area contributed by atoms with Gasteiger partial charge in [0.15, 0.2) is 0 Å². The number of hydrogen-bond acceptors (Lipinski definition) is 6. The van der Waals surface area contributed by atoms with Crippen molar-refractivity contribution in [3.8, 4) is 11.8 Å². The number of hydrogen-bond donors (Lipinski definition) is 1. The second-order valence-electron chi connectivity index (χ2n) is 10.7. The van der Waals surface area contributed by atoms with Gasteiger partial charge in [0, 0.05) is 48.6 Å². The monoisotopic (exact) mass is 532 g/mol. The second-order valence-corrected chi connectivity index (χ2v) is 11.2. The lowest BCUT2D eigenvalue weighted by Crippen LogP contribution is -2.57. The molecule has 2 aromatic rings. The molecule has 1 N–H and O–H groups in total. The quantitative estimate of drug-likeness (QED) is 0.588. The van der Waals surface area contributed by atoms with Crippen molar-refractivity contribution in [3.05, 3.63) is 63.7 Å². The Bertz CT molecular complexity index is 1350. The standard InChI is InChI=1S/C29H29ClN4O4/c30-20-5-7-22(17(11-20)13-31)19-14-33(15-19)24-3-1-2-4-26(24)38-21-6-8-23-18(12-21)16-34(29(23)37)25-9-10-27(35)32-28(25)36/h5-8,11-12,19,24-26H,1-4,9-10,14-16H2,(H,32,35,36)/t24-,25-,26-/m1/s1. The smallest absolute Gasteiger partial charge is 0.255 e. The minimum absolute atomic E-state index is 0.0479. The number of nitrogens with zero attached hydrogens (tertiary/aromatic N) is 3. The van der Waals surface area contributed by atoms with E-state index in [0.29, 0.717) is 41.1 Å². The van der Waals surface area contributed by atoms with E-state index in [2.05, 4.69) is 16.3 Å². The van der Waals surface area contributed by atoms with Crippen LogP contribution in [0.3, 0.4) is 0 Å². The van der Waals surface area contributed by atoms with Crippen molar-refractivity contribution in [2.45, 2.75) is 69.2 Å². The van der Waals surface area contributed by atoms with Crippen LogP contribution in [0.25, 0.3) is 0 Å². The number of carbonyl (C=O) groups is 3. The van der Waals surface area contributed by atoms with Crippen LogP contribution in [0.4, 0.5) is 0 Å². The molecule has 3 heterocycles. The lowest BCUT2D eigenvalue weighted by Gasteiger charge is -2.48. The summed E-state index contributed by atoms with van der Waals surface area (Å²) in [5, 5.41) is 12.5. The molecule has 38 heavy (non-hydrogen) atoms. The summed E-state index contributed by atoms with van der Waals surface area (Å²) in [5.41, 5.74) is 3.15. The van der Waals surface area contributed by atoms with Gasteiger partial charge in [0.1, 0.15) is 17.9 Å². The predicted octanol–water partition coefficient (Wildman–Crippen LogP) is 3.76. The zero-order valence-corrected chi connectivity index (χ0v) is 21.7. The van der Waals surface area contributed by atoms with Crippen molar-refractivity contribution in [3.63, 3.8) is 0 Å². The van der Waals surface area contributed by atoms with Gasteiger partial charge in [-0.15, -0.1) is 0 Å². The Balaban J connectivity index is 1.12. The number of piperidine rings is 1. The molecule has 0 radical (unpaired) electrons. The van der Waals surface area contributed by atoms with Gasteiger partial charge >= 0.3 is 0 Å². The summed E-state index contributed by atoms with van der Waals surface area (Å²) >= 11 is 6.08. The summed E-state index contributed by atoms with van der Waals surface area (Å²) in [5.74, 6) is 0.175. The van der Waals surface area contributed by atoms with Gasteiger partial charge in [0.05, 0.1) is 11.6 Å². The Labute approximate surface area is 226 Å². The third kappa shape index (κ3) is 4.55. The van der Waals surface area contributed by atoms with E-state index in [1.807, 2.05) is 24.3 Å². The van der Waals surface area contributed by atoms with Gasteiger partial charge in [-0.1, -0.05) is 24.1 Å². The Morgan fingerprint density at radius 2 is 1.84 bits per heavy atom. The van der Waals surface area contributed by atoms with E-state index >= 15 is 0 Å². The number of benzene rings is 2. The Morgan fingerprint density at radius 3 is 2.63 bits per heavy atom. The number of fused-ring (bicyclic) bond motifs is 1. The molecule has 1 aliphatic carbocycles. The van der Waals surface area contributed by atoms with Crippen molar-refractivity contribution in [1.82, 2.24) is 15.1 Å². The lowest BCUT2D eigenvalue weighted by atomic mass is 9.83. The molecular formula is C29H29ClN4O4. The molecule has 3 atom stereocenters. The molecule has 9 heteroatoms. The number of carbonyl (C=O) groups excluding carboxylic acids is 3. The zero-order valence-electron chi connectivity index (χ0n) is 21.0. The van der Waals surface area contributed by atoms with Crippen LogP contribution in [0.2, 0.25) is 5.02 Å². The molecule has 3 amide bonds. The van der Waals surface area contributed by atoms with Gasteiger partial charge < -0.3 is 9.64 Å². The molecule has 0 bridgehead atoms. The van der Waals surface area contributed by atoms with Crippen molar-refractivity contribution in [2.24, 2.45) is 0 Å². The summed E-state index contributed by atoms with van der Waals surface area (Å²) in [6, 6.07) is 13.1. The average molecular weight is 533 g/mol. The first-order valence-corrected chi connectivity index (χ1v) is 13.7. The highest BCUT2D eigenvalue weighted by molar-refractivity contribution is 6.30. The van der Waals surface area contributed by atoms with Crippen molar-refractivity contribution in [1.29, 1.82) is 5.26 Å². The van der Waals surface area contributed by atoms with Crippen LogP contribution < -0.4 is 10.1 Å². The maximum atomic E-state index is 13.0. The van der Waals surface area contributed by atoms with Gasteiger partial charge in [-0.3, -0.25) is 24.6 Å². The lowest BCUT2D eigenvalue weighted by molar-refractivity contribution is -0.136. The third-order valence-corrected chi connectivity index (χ3v) is 8.64. The summed E-state index contributed by atoms with van der Waals surface area (Å²) < 4.78 is 6.54. The number of rotatable bonds is 5. The zero-order chi connectivity index (χ0) is 26.4. The highest BCUT2D eigenvalue weighted by atomic mass is 35.5. The highest BCUT2D eigenvalue weighted by Gasteiger charge is 2.41. The van der Waals surface area contributed by atoms with E-state index in [-0.39, 0.29) is 24.3 Å². The van der Waals surface area contributed by atoms with Gasteiger partial charge in [-0.05, 0) is 67.1 Å². The van der Waals surface area contributed by atoms with Crippen molar-refractivity contribution >= 4 is 29.3 Å². The van der Waals surface area contributed by atoms with E-state index in [1.165, 1.54) is 0 Å². The molecule has 2 aromatic carbocycles. The van der Waals surface area contributed by atoms with Gasteiger partial charge in [-0.2, -0.15) is 5.26 Å². The molecule has 0 spiro atoms. The van der Waals surface area contributed by atoms with Gasteiger partial charge in [0.25, 0.3) is 5.91 Å². The van der Waals surface area contributed by atoms with Crippen molar-refractivity contribution in [2.75, 3.05) is 13.1 Å². The van der Waals surface area contributed by atoms with Crippen LogP contribution in [0.5, 0.6) is 5.75 Å². The first-order valence-electron chi connectivity index (χ1n) is 13.3. The molecule has 4 aliphatic rings. The Morgan fingerprint density at radius 1 is 1.03 bits per heavy atom. The van der Waals surface area contributed by atoms with E-state index in [0.717, 1.165) is 55.6 Å². The molecule has 0 unspecified atom stereocenters. The molecular weight excluding hydrogens is 504 g/mol. The predicted molar refractivity (Wildman–Crippen MR) is 140 cm³/mol. The van der Waals surface area contributed by atoms with E-state index in [1.54, 1.807) is 17.0 Å². The minimum atomic E-state index is -0.624. The largest absolute Gasteiger partial charge is 0.489 e. The Hall–Kier alpha value is -3.41. The first kappa shape index (κ1) is 24.9. The molecule has 0 aromatic heterocycles. The maximum Gasteiger partial charge on any atom is 0.255 e. The van der Waals surface area contributed by atoms with Crippen LogP contribution in [0.15, 0.2) is 36.4 Å². The highest BCUT2D eigenvalue weighted by Crippen LogP contribution is 2.38. The minimum Gasteiger partial charge on any atom is -0.489 e. The molecule has 2 saturated heterocycles. The molecule has 3 aliphatic heterocycles. The van der Waals surface area contributed by atoms with Gasteiger partial charge in [0.2, 0.25) is 11.8 Å². The normalized spacial score (nSPS) is 25.9. The number of nitriles is 1. The Kier molecular flexibility index (Phi) is 6.58. The maximum absolute atomic E-state index is 13.0. The van der Waals surface area contributed by atoms with Crippen LogP contribution in [0.1, 0.15) is 71.5 Å². The SMILES string of the molecule is N#Cc1cc(Cl)ccc1C1CN([C@@H]2CCCC[C@H]2Oc2ccc3c(c2)CN([C@@H]2CCC(=O)NC2=O)C3=O)C1. The van der Waals surface area contributed by atoms with Crippen LogP contribution in [-0.2, 0) is 16.1 Å². The average Bonchev–Trinajstić information content (AvgIpc) is 3.20. The summed E-state index contributed by atoms with van der Waals surface area (Å²) in [6.07, 6.45) is 4.94. The van der Waals surface area contributed by atoms with Crippen molar-refractivity contribution < 1.29 is 19.1 Å². The number of nitrogens with one attached hydrogen (secondary N) is 1. The molecule has 8 nitrogen and oxygen atoms in total. The number of likely N-dealkylation sites (tertiary alicyclic amines) is 1. The van der Waals surface area contributed by atoms with Crippen LogP contribution in [-0.4, -0.2) is 58.8 Å². The summed E-state index contributed by atoms with van der Waals surface area (Å²) in [4.78, 5) is 40.9.